The Bertz CT molecular complexity index is 744. The first-order valence-corrected chi connectivity index (χ1v) is 9.28. The number of hydrogen-bond donors (Lipinski definition) is 2. The van der Waals surface area contributed by atoms with Crippen molar-refractivity contribution in [2.45, 2.75) is 18.0 Å². The van der Waals surface area contributed by atoms with Crippen molar-refractivity contribution in [2.75, 3.05) is 30.0 Å². The summed E-state index contributed by atoms with van der Waals surface area (Å²) < 4.78 is 0. The van der Waals surface area contributed by atoms with Gasteiger partial charge in [0.15, 0.2) is 10.9 Å². The van der Waals surface area contributed by atoms with E-state index in [1.807, 2.05) is 18.4 Å². The van der Waals surface area contributed by atoms with Gasteiger partial charge < -0.3 is 15.7 Å². The van der Waals surface area contributed by atoms with Crippen molar-refractivity contribution >= 4 is 35.7 Å². The number of Topliss-reactive ketones (excluding diaryl/α,β-unsaturated/α-hetero) is 1. The molecule has 26 heavy (non-hydrogen) atoms. The number of nitrogens with zero attached hydrogens (tertiary/aromatic N) is 4. The van der Waals surface area contributed by atoms with Crippen LogP contribution < -0.4 is 10.6 Å². The molecule has 1 saturated heterocycles. The highest BCUT2D eigenvalue weighted by molar-refractivity contribution is 7.98. The minimum atomic E-state index is -0.250. The lowest BCUT2D eigenvalue weighted by Gasteiger charge is -2.32. The van der Waals surface area contributed by atoms with Gasteiger partial charge in [0.05, 0.1) is 0 Å². The number of carbonyl (C=O) groups is 2. The minimum Gasteiger partial charge on any atom is -0.483 e. The third-order valence-electron chi connectivity index (χ3n) is 3.93. The summed E-state index contributed by atoms with van der Waals surface area (Å²) in [6, 6.07) is 7.21. The van der Waals surface area contributed by atoms with Crippen molar-refractivity contribution in [1.29, 1.82) is 0 Å². The van der Waals surface area contributed by atoms with Crippen LogP contribution in [-0.4, -0.2) is 51.7 Å². The molecule has 1 aliphatic rings. The fourth-order valence-corrected chi connectivity index (χ4v) is 3.18. The smallest absolute Gasteiger partial charge is 0.290 e. The van der Waals surface area contributed by atoms with Gasteiger partial charge in [-0.25, -0.2) is 9.97 Å². The third kappa shape index (κ3) is 5.16. The Hall–Kier alpha value is -2.68. The van der Waals surface area contributed by atoms with Crippen molar-refractivity contribution in [3.8, 4) is 0 Å². The summed E-state index contributed by atoms with van der Waals surface area (Å²) in [6.07, 6.45) is 5.40. The van der Waals surface area contributed by atoms with E-state index >= 15 is 0 Å². The van der Waals surface area contributed by atoms with Crippen LogP contribution in [0.1, 0.15) is 23.3 Å². The van der Waals surface area contributed by atoms with Crippen molar-refractivity contribution < 1.29 is 14.7 Å². The summed E-state index contributed by atoms with van der Waals surface area (Å²) in [4.78, 5) is 36.0. The third-order valence-corrected chi connectivity index (χ3v) is 4.48. The number of nitrogen functional groups attached to an aromatic ring is 1. The summed E-state index contributed by atoms with van der Waals surface area (Å²) in [6.45, 7) is 1.26. The van der Waals surface area contributed by atoms with Crippen LogP contribution in [0.5, 0.6) is 0 Å². The molecule has 1 unspecified atom stereocenters. The molecule has 0 spiro atoms. The maximum atomic E-state index is 12.6. The van der Waals surface area contributed by atoms with Crippen molar-refractivity contribution in [3.05, 3.63) is 36.2 Å². The van der Waals surface area contributed by atoms with Crippen LogP contribution in [0.2, 0.25) is 0 Å². The molecule has 1 fully saturated rings. The Morgan fingerprint density at radius 1 is 1.42 bits per heavy atom. The average molecular weight is 375 g/mol. The first kappa shape index (κ1) is 19.6. The molecule has 9 heteroatoms. The number of anilines is 2. The summed E-state index contributed by atoms with van der Waals surface area (Å²) >= 11 is 1.46. The molecule has 0 amide bonds. The van der Waals surface area contributed by atoms with Crippen molar-refractivity contribution in [2.24, 2.45) is 5.92 Å². The van der Waals surface area contributed by atoms with E-state index in [1.165, 1.54) is 11.8 Å². The van der Waals surface area contributed by atoms with E-state index in [9.17, 15) is 4.79 Å². The predicted octanol–water partition coefficient (Wildman–Crippen LogP) is 1.98. The van der Waals surface area contributed by atoms with Gasteiger partial charge in [0.25, 0.3) is 6.47 Å². The van der Waals surface area contributed by atoms with Gasteiger partial charge in [-0.05, 0) is 31.2 Å². The number of carboxylic acid groups (broad SMARTS) is 1. The van der Waals surface area contributed by atoms with Gasteiger partial charge in [0.1, 0.15) is 17.3 Å². The Morgan fingerprint density at radius 2 is 2.19 bits per heavy atom. The molecule has 0 radical (unpaired) electrons. The van der Waals surface area contributed by atoms with E-state index in [1.54, 1.807) is 18.3 Å². The highest BCUT2D eigenvalue weighted by Crippen LogP contribution is 2.26. The molecule has 8 nitrogen and oxygen atoms in total. The molecule has 2 aromatic rings. The predicted molar refractivity (Wildman–Crippen MR) is 100 cm³/mol. The molecule has 0 saturated carbocycles. The van der Waals surface area contributed by atoms with Gasteiger partial charge in [-0.3, -0.25) is 14.6 Å². The summed E-state index contributed by atoms with van der Waals surface area (Å²) in [5.41, 5.74) is 6.39. The van der Waals surface area contributed by atoms with Crippen LogP contribution in [-0.2, 0) is 4.79 Å². The second-order valence-electron chi connectivity index (χ2n) is 5.61. The number of hydrogen-bond acceptors (Lipinski definition) is 8. The van der Waals surface area contributed by atoms with Gasteiger partial charge in [0.2, 0.25) is 0 Å². The zero-order valence-corrected chi connectivity index (χ0v) is 15.2. The highest BCUT2D eigenvalue weighted by Gasteiger charge is 2.28. The summed E-state index contributed by atoms with van der Waals surface area (Å²) in [5, 5.41) is 7.54. The van der Waals surface area contributed by atoms with E-state index in [-0.39, 0.29) is 18.2 Å². The van der Waals surface area contributed by atoms with Crippen molar-refractivity contribution in [1.82, 2.24) is 15.0 Å². The molecule has 0 aliphatic carbocycles. The van der Waals surface area contributed by atoms with E-state index in [4.69, 9.17) is 15.6 Å². The van der Waals surface area contributed by atoms with Crippen LogP contribution in [0.15, 0.2) is 35.6 Å². The van der Waals surface area contributed by atoms with Crippen LogP contribution in [0, 0.1) is 5.92 Å². The molecule has 2 aromatic heterocycles. The highest BCUT2D eigenvalue weighted by atomic mass is 32.2. The van der Waals surface area contributed by atoms with Gasteiger partial charge in [-0.2, -0.15) is 0 Å². The number of thioether (sulfide) groups is 1. The fraction of sp³-hybridized carbons (Fsp3) is 0.353. The summed E-state index contributed by atoms with van der Waals surface area (Å²) in [7, 11) is 0. The SMILES string of the molecule is CSc1nc(N)cc(N2CCCC(C(=O)c3ccccn3)C2)n1.O=CO. The molecular formula is C17H21N5O3S. The second kappa shape index (κ2) is 9.71. The van der Waals surface area contributed by atoms with E-state index < -0.39 is 0 Å². The fourth-order valence-electron chi connectivity index (χ4n) is 2.80. The molecule has 0 bridgehead atoms. The Morgan fingerprint density at radius 3 is 2.85 bits per heavy atom. The first-order valence-electron chi connectivity index (χ1n) is 8.05. The number of pyridine rings is 1. The van der Waals surface area contributed by atoms with Crippen LogP contribution in [0.4, 0.5) is 11.6 Å². The molecule has 3 rings (SSSR count). The topological polar surface area (TPSA) is 122 Å². The van der Waals surface area contributed by atoms with Crippen LogP contribution in [0.25, 0.3) is 0 Å². The molecule has 1 atom stereocenters. The largest absolute Gasteiger partial charge is 0.483 e. The number of ketones is 1. The monoisotopic (exact) mass is 375 g/mol. The van der Waals surface area contributed by atoms with Crippen molar-refractivity contribution in [3.63, 3.8) is 0 Å². The zero-order valence-electron chi connectivity index (χ0n) is 14.4. The second-order valence-corrected chi connectivity index (χ2v) is 6.38. The van der Waals surface area contributed by atoms with Gasteiger partial charge in [0, 0.05) is 31.3 Å². The zero-order chi connectivity index (χ0) is 18.9. The Balaban J connectivity index is 0.000000758. The summed E-state index contributed by atoms with van der Waals surface area (Å²) in [5.74, 6) is 1.29. The Labute approximate surface area is 155 Å². The lowest BCUT2D eigenvalue weighted by Crippen LogP contribution is -2.39. The van der Waals surface area contributed by atoms with E-state index in [2.05, 4.69) is 19.9 Å². The number of piperidine rings is 1. The maximum absolute atomic E-state index is 12.6. The van der Waals surface area contributed by atoms with Gasteiger partial charge in [-0.15, -0.1) is 0 Å². The lowest BCUT2D eigenvalue weighted by atomic mass is 9.92. The van der Waals surface area contributed by atoms with Gasteiger partial charge >= 0.3 is 0 Å². The molecular weight excluding hydrogens is 354 g/mol. The number of nitrogens with two attached hydrogens (primary N) is 1. The van der Waals surface area contributed by atoms with Crippen LogP contribution in [0.3, 0.4) is 0 Å². The molecule has 1 aliphatic heterocycles. The maximum Gasteiger partial charge on any atom is 0.290 e. The van der Waals surface area contributed by atoms with Crippen LogP contribution >= 0.6 is 11.8 Å². The minimum absolute atomic E-state index is 0.0624. The van der Waals surface area contributed by atoms with E-state index in [0.717, 1.165) is 25.2 Å². The number of rotatable bonds is 4. The molecule has 3 N–H and O–H groups in total. The quantitative estimate of drug-likeness (QED) is 0.357. The molecule has 138 valence electrons. The molecule has 3 heterocycles. The standard InChI is InChI=1S/C16H19N5OS.CH2O2/c1-23-16-19-13(17)9-14(20-16)21-8-4-5-11(10-21)15(22)12-6-2-3-7-18-12;2-1-3/h2-3,6-7,9,11H,4-5,8,10H2,1H3,(H2,17,19,20);1H,(H,2,3). The average Bonchev–Trinajstić information content (AvgIpc) is 2.68. The number of carbonyl (C=O) groups excluding carboxylic acids is 1. The number of aromatic nitrogens is 3. The Kier molecular flexibility index (Phi) is 7.34. The normalized spacial score (nSPS) is 16.3. The first-order chi connectivity index (χ1) is 12.6. The van der Waals surface area contributed by atoms with E-state index in [0.29, 0.717) is 23.2 Å². The molecule has 0 aromatic carbocycles. The lowest BCUT2D eigenvalue weighted by molar-refractivity contribution is -0.122. The van der Waals surface area contributed by atoms with Gasteiger partial charge in [-0.1, -0.05) is 17.8 Å².